The quantitative estimate of drug-likeness (QED) is 0.444. The lowest BCUT2D eigenvalue weighted by Gasteiger charge is -2.15. The number of nitrogens with one attached hydrogen (secondary N) is 2. The van der Waals surface area contributed by atoms with E-state index in [1.165, 1.54) is 23.3 Å². The minimum Gasteiger partial charge on any atom is -0.379 e. The van der Waals surface area contributed by atoms with E-state index in [2.05, 4.69) is 29.4 Å². The fourth-order valence-corrected chi connectivity index (χ4v) is 3.17. The van der Waals surface area contributed by atoms with E-state index in [-0.39, 0.29) is 5.82 Å². The van der Waals surface area contributed by atoms with E-state index in [0.717, 1.165) is 29.1 Å². The van der Waals surface area contributed by atoms with E-state index in [1.807, 2.05) is 25.3 Å². The summed E-state index contributed by atoms with van der Waals surface area (Å²) in [7, 11) is 0. The van der Waals surface area contributed by atoms with Crippen LogP contribution in [0.1, 0.15) is 25.0 Å². The van der Waals surface area contributed by atoms with E-state index in [9.17, 15) is 4.39 Å². The second kappa shape index (κ2) is 10.1. The molecule has 0 bridgehead atoms. The molecule has 0 radical (unpaired) electrons. The molecule has 5 heteroatoms. The van der Waals surface area contributed by atoms with Gasteiger partial charge in [-0.3, -0.25) is 0 Å². The molecular weight excluding hydrogens is 355 g/mol. The third-order valence-electron chi connectivity index (χ3n) is 4.58. The van der Waals surface area contributed by atoms with Crippen molar-refractivity contribution in [1.82, 2.24) is 4.98 Å². The Labute approximate surface area is 165 Å². The first kappa shape index (κ1) is 20.1. The van der Waals surface area contributed by atoms with Gasteiger partial charge in [0.1, 0.15) is 5.82 Å². The molecule has 1 heterocycles. The predicted molar refractivity (Wildman–Crippen MR) is 111 cm³/mol. The summed E-state index contributed by atoms with van der Waals surface area (Å²) in [4.78, 5) is 3.24. The average Bonchev–Trinajstić information content (AvgIpc) is 3.17. The zero-order chi connectivity index (χ0) is 19.8. The fourth-order valence-electron chi connectivity index (χ4n) is 3.17. The third kappa shape index (κ3) is 5.21. The van der Waals surface area contributed by atoms with Crippen LogP contribution in [0.4, 0.5) is 15.8 Å². The normalized spacial score (nSPS) is 11.0. The van der Waals surface area contributed by atoms with Gasteiger partial charge in [-0.15, -0.1) is 0 Å². The first-order chi connectivity index (χ1) is 13.7. The van der Waals surface area contributed by atoms with E-state index in [4.69, 9.17) is 9.47 Å². The third-order valence-corrected chi connectivity index (χ3v) is 4.58. The SMILES string of the molecule is CCOCCOCc1cccc(Nc2c[nH]c(-c3ccc(F)cc3)c2)c1CC. The summed E-state index contributed by atoms with van der Waals surface area (Å²) in [5.41, 5.74) is 6.33. The van der Waals surface area contributed by atoms with Gasteiger partial charge >= 0.3 is 0 Å². The van der Waals surface area contributed by atoms with E-state index in [0.29, 0.717) is 26.4 Å². The Morgan fingerprint density at radius 1 is 1.00 bits per heavy atom. The molecule has 148 valence electrons. The highest BCUT2D eigenvalue weighted by Crippen LogP contribution is 2.28. The van der Waals surface area contributed by atoms with Crippen LogP contribution in [0.15, 0.2) is 54.7 Å². The molecule has 0 aliphatic carbocycles. The van der Waals surface area contributed by atoms with Gasteiger partial charge in [-0.05, 0) is 66.4 Å². The van der Waals surface area contributed by atoms with Crippen molar-refractivity contribution in [2.45, 2.75) is 26.9 Å². The minimum absolute atomic E-state index is 0.235. The van der Waals surface area contributed by atoms with Crippen LogP contribution in [-0.2, 0) is 22.5 Å². The summed E-state index contributed by atoms with van der Waals surface area (Å²) in [6.45, 7) is 6.61. The molecule has 4 nitrogen and oxygen atoms in total. The number of benzene rings is 2. The van der Waals surface area contributed by atoms with Gasteiger partial charge in [-0.2, -0.15) is 0 Å². The molecule has 0 spiro atoms. The number of anilines is 2. The predicted octanol–water partition coefficient (Wildman–Crippen LogP) is 5.68. The van der Waals surface area contributed by atoms with Gasteiger partial charge in [0.05, 0.1) is 25.5 Å². The molecule has 0 saturated heterocycles. The van der Waals surface area contributed by atoms with Crippen molar-refractivity contribution in [2.24, 2.45) is 0 Å². The Balaban J connectivity index is 1.70. The lowest BCUT2D eigenvalue weighted by Crippen LogP contribution is -2.06. The van der Waals surface area contributed by atoms with Gasteiger partial charge in [-0.1, -0.05) is 19.1 Å². The topological polar surface area (TPSA) is 46.3 Å². The Bertz CT molecular complexity index is 875. The van der Waals surface area contributed by atoms with Crippen LogP contribution in [0.2, 0.25) is 0 Å². The van der Waals surface area contributed by atoms with Gasteiger partial charge in [0.2, 0.25) is 0 Å². The highest BCUT2D eigenvalue weighted by molar-refractivity contribution is 5.70. The van der Waals surface area contributed by atoms with Gasteiger partial charge in [0.25, 0.3) is 0 Å². The highest BCUT2D eigenvalue weighted by atomic mass is 19.1. The van der Waals surface area contributed by atoms with Crippen LogP contribution in [-0.4, -0.2) is 24.8 Å². The Morgan fingerprint density at radius 2 is 1.79 bits per heavy atom. The Morgan fingerprint density at radius 3 is 2.54 bits per heavy atom. The van der Waals surface area contributed by atoms with Gasteiger partial charge < -0.3 is 19.8 Å². The molecule has 2 N–H and O–H groups in total. The largest absolute Gasteiger partial charge is 0.379 e. The molecule has 0 fully saturated rings. The number of aromatic nitrogens is 1. The second-order valence-electron chi connectivity index (χ2n) is 6.48. The molecule has 3 aromatic rings. The molecule has 0 saturated carbocycles. The smallest absolute Gasteiger partial charge is 0.123 e. The maximum Gasteiger partial charge on any atom is 0.123 e. The molecule has 0 aliphatic heterocycles. The average molecular weight is 382 g/mol. The zero-order valence-corrected chi connectivity index (χ0v) is 16.4. The maximum absolute atomic E-state index is 13.1. The van der Waals surface area contributed by atoms with Crippen molar-refractivity contribution in [1.29, 1.82) is 0 Å². The van der Waals surface area contributed by atoms with Crippen molar-refractivity contribution in [3.05, 3.63) is 71.7 Å². The number of rotatable bonds is 10. The lowest BCUT2D eigenvalue weighted by atomic mass is 10.0. The molecule has 0 atom stereocenters. The van der Waals surface area contributed by atoms with Crippen LogP contribution in [0.25, 0.3) is 11.3 Å². The molecule has 0 aliphatic rings. The van der Waals surface area contributed by atoms with Gasteiger partial charge in [-0.25, -0.2) is 4.39 Å². The molecular formula is C23H27FN2O2. The van der Waals surface area contributed by atoms with Crippen LogP contribution in [0.3, 0.4) is 0 Å². The van der Waals surface area contributed by atoms with Crippen molar-refractivity contribution in [2.75, 3.05) is 25.1 Å². The summed E-state index contributed by atoms with van der Waals surface area (Å²) in [6.07, 6.45) is 2.83. The molecule has 1 aromatic heterocycles. The summed E-state index contributed by atoms with van der Waals surface area (Å²) < 4.78 is 24.2. The van der Waals surface area contributed by atoms with Crippen LogP contribution in [0, 0.1) is 5.82 Å². The van der Waals surface area contributed by atoms with Crippen molar-refractivity contribution < 1.29 is 13.9 Å². The number of hydrogen-bond acceptors (Lipinski definition) is 3. The summed E-state index contributed by atoms with van der Waals surface area (Å²) in [5, 5.41) is 3.49. The monoisotopic (exact) mass is 382 g/mol. The van der Waals surface area contributed by atoms with Crippen molar-refractivity contribution in [3.63, 3.8) is 0 Å². The van der Waals surface area contributed by atoms with Crippen LogP contribution < -0.4 is 5.32 Å². The molecule has 3 rings (SSSR count). The number of H-pyrrole nitrogens is 1. The first-order valence-electron chi connectivity index (χ1n) is 9.69. The summed E-state index contributed by atoms with van der Waals surface area (Å²) >= 11 is 0. The van der Waals surface area contributed by atoms with Crippen molar-refractivity contribution in [3.8, 4) is 11.3 Å². The molecule has 28 heavy (non-hydrogen) atoms. The highest BCUT2D eigenvalue weighted by Gasteiger charge is 2.09. The van der Waals surface area contributed by atoms with Crippen molar-refractivity contribution >= 4 is 11.4 Å². The Hall–Kier alpha value is -2.63. The summed E-state index contributed by atoms with van der Waals surface area (Å²) in [5.74, 6) is -0.235. The zero-order valence-electron chi connectivity index (χ0n) is 16.4. The van der Waals surface area contributed by atoms with E-state index >= 15 is 0 Å². The number of hydrogen-bond donors (Lipinski definition) is 2. The van der Waals surface area contributed by atoms with Crippen LogP contribution >= 0.6 is 0 Å². The number of aromatic amines is 1. The molecule has 0 amide bonds. The second-order valence-corrected chi connectivity index (χ2v) is 6.48. The lowest BCUT2D eigenvalue weighted by molar-refractivity contribution is 0.0451. The number of halogens is 1. The first-order valence-corrected chi connectivity index (χ1v) is 9.69. The minimum atomic E-state index is -0.235. The Kier molecular flexibility index (Phi) is 7.23. The van der Waals surface area contributed by atoms with Gasteiger partial charge in [0, 0.05) is 24.2 Å². The van der Waals surface area contributed by atoms with E-state index in [1.54, 1.807) is 12.1 Å². The fraction of sp³-hybridized carbons (Fsp3) is 0.304. The van der Waals surface area contributed by atoms with Crippen LogP contribution in [0.5, 0.6) is 0 Å². The van der Waals surface area contributed by atoms with E-state index < -0.39 is 0 Å². The maximum atomic E-state index is 13.1. The van der Waals surface area contributed by atoms with Gasteiger partial charge in [0.15, 0.2) is 0 Å². The number of ether oxygens (including phenoxy) is 2. The molecule has 0 unspecified atom stereocenters. The standard InChI is InChI=1S/C23H27FN2O2/c1-3-21-18(16-28-13-12-27-4-2)6-5-7-22(21)26-20-14-23(25-15-20)17-8-10-19(24)11-9-17/h5-11,14-15,25-26H,3-4,12-13,16H2,1-2H3. The summed E-state index contributed by atoms with van der Waals surface area (Å²) in [6, 6.07) is 14.7. The molecule has 2 aromatic carbocycles.